The summed E-state index contributed by atoms with van der Waals surface area (Å²) in [7, 11) is 1.71. The summed E-state index contributed by atoms with van der Waals surface area (Å²) in [6, 6.07) is 14.8. The molecular weight excluding hydrogens is 492 g/mol. The standard InChI is InChI=1S/C28H28N2O6S/c1-34-13-5-3-2-4-12-29-27(37)30-17-6-9-21-20(14-17)26(33)36-28(21)22-10-7-18(31)15-24(22)35-25-16-19(32)8-11-23(25)28/h6-11,14-16,31-32H,2-5,12-13H2,1H3,(H2,29,30,37). The number of methoxy groups -OCH3 is 1. The number of benzene rings is 3. The van der Waals surface area contributed by atoms with E-state index in [4.69, 9.17) is 26.4 Å². The topological polar surface area (TPSA) is 109 Å². The molecule has 0 bridgehead atoms. The number of thiocarbonyl (C=S) groups is 1. The molecule has 0 fully saturated rings. The molecular formula is C28H28N2O6S. The Morgan fingerprint density at radius 2 is 1.57 bits per heavy atom. The molecule has 192 valence electrons. The fourth-order valence-electron chi connectivity index (χ4n) is 4.89. The molecule has 4 N–H and O–H groups in total. The number of carbonyl (C=O) groups excluding carboxylic acids is 1. The molecule has 0 unspecified atom stereocenters. The van der Waals surface area contributed by atoms with E-state index < -0.39 is 11.6 Å². The number of anilines is 1. The summed E-state index contributed by atoms with van der Waals surface area (Å²) in [5, 5.41) is 26.9. The maximum atomic E-state index is 13.2. The first-order valence-corrected chi connectivity index (χ1v) is 12.6. The molecule has 1 spiro atoms. The molecule has 0 atom stereocenters. The van der Waals surface area contributed by atoms with E-state index in [2.05, 4.69) is 10.6 Å². The molecule has 9 heteroatoms. The summed E-state index contributed by atoms with van der Waals surface area (Å²) in [5.41, 5.74) is 1.58. The number of hydrogen-bond donors (Lipinski definition) is 4. The SMILES string of the molecule is COCCCCCCNC(=S)Nc1ccc2c(c1)C(=O)OC21c2ccc(O)cc2Oc2cc(O)ccc21. The Morgan fingerprint density at radius 3 is 2.24 bits per heavy atom. The van der Waals surface area contributed by atoms with Gasteiger partial charge in [0, 0.05) is 54.8 Å². The molecule has 3 aromatic carbocycles. The van der Waals surface area contributed by atoms with Crippen molar-refractivity contribution in [3.8, 4) is 23.0 Å². The Morgan fingerprint density at radius 1 is 0.919 bits per heavy atom. The van der Waals surface area contributed by atoms with Crippen LogP contribution in [0.1, 0.15) is 52.7 Å². The van der Waals surface area contributed by atoms with Gasteiger partial charge in [-0.1, -0.05) is 18.9 Å². The number of ether oxygens (including phenoxy) is 3. The van der Waals surface area contributed by atoms with Crippen LogP contribution in [0.25, 0.3) is 0 Å². The summed E-state index contributed by atoms with van der Waals surface area (Å²) in [4.78, 5) is 13.2. The molecule has 8 nitrogen and oxygen atoms in total. The minimum atomic E-state index is -1.28. The van der Waals surface area contributed by atoms with Crippen LogP contribution in [0.4, 0.5) is 5.69 Å². The van der Waals surface area contributed by atoms with E-state index in [1.807, 2.05) is 12.1 Å². The lowest BCUT2D eigenvalue weighted by atomic mass is 9.77. The second-order valence-corrected chi connectivity index (χ2v) is 9.49. The molecule has 0 radical (unpaired) electrons. The number of phenolic OH excluding ortho intramolecular Hbond substituents is 2. The molecule has 3 aromatic rings. The predicted octanol–water partition coefficient (Wildman–Crippen LogP) is 5.16. The van der Waals surface area contributed by atoms with Crippen molar-refractivity contribution in [2.45, 2.75) is 31.3 Å². The molecule has 2 aliphatic rings. The van der Waals surface area contributed by atoms with Gasteiger partial charge in [0.2, 0.25) is 0 Å². The zero-order chi connectivity index (χ0) is 26.0. The third-order valence-corrected chi connectivity index (χ3v) is 6.84. The first-order valence-electron chi connectivity index (χ1n) is 12.2. The Labute approximate surface area is 220 Å². The first kappa shape index (κ1) is 24.9. The van der Waals surface area contributed by atoms with Gasteiger partial charge in [-0.05, 0) is 61.5 Å². The first-order chi connectivity index (χ1) is 17.9. The van der Waals surface area contributed by atoms with E-state index in [0.29, 0.717) is 44.6 Å². The fraction of sp³-hybridized carbons (Fsp3) is 0.286. The van der Waals surface area contributed by atoms with Crippen LogP contribution in [-0.2, 0) is 15.1 Å². The van der Waals surface area contributed by atoms with Crippen molar-refractivity contribution in [1.82, 2.24) is 5.32 Å². The van der Waals surface area contributed by atoms with Crippen LogP contribution in [0.15, 0.2) is 54.6 Å². The van der Waals surface area contributed by atoms with Crippen molar-refractivity contribution < 1.29 is 29.2 Å². The van der Waals surface area contributed by atoms with Crippen LogP contribution in [0, 0.1) is 0 Å². The van der Waals surface area contributed by atoms with Gasteiger partial charge in [-0.25, -0.2) is 4.79 Å². The van der Waals surface area contributed by atoms with E-state index in [1.54, 1.807) is 25.3 Å². The van der Waals surface area contributed by atoms with E-state index >= 15 is 0 Å². The van der Waals surface area contributed by atoms with Crippen LogP contribution in [-0.4, -0.2) is 41.6 Å². The Bertz CT molecular complexity index is 1310. The van der Waals surface area contributed by atoms with Crippen molar-refractivity contribution in [2.75, 3.05) is 25.6 Å². The average molecular weight is 521 g/mol. The monoisotopic (exact) mass is 520 g/mol. The number of carbonyl (C=O) groups is 1. The van der Waals surface area contributed by atoms with Crippen molar-refractivity contribution in [1.29, 1.82) is 0 Å². The van der Waals surface area contributed by atoms with Crippen LogP contribution >= 0.6 is 12.2 Å². The highest BCUT2D eigenvalue weighted by molar-refractivity contribution is 7.80. The minimum absolute atomic E-state index is 0.0117. The summed E-state index contributed by atoms with van der Waals surface area (Å²) in [5.74, 6) is 0.214. The molecule has 5 rings (SSSR count). The lowest BCUT2D eigenvalue weighted by Crippen LogP contribution is -2.33. The van der Waals surface area contributed by atoms with Crippen molar-refractivity contribution in [3.63, 3.8) is 0 Å². The number of hydrogen-bond acceptors (Lipinski definition) is 7. The third kappa shape index (κ3) is 4.68. The van der Waals surface area contributed by atoms with E-state index in [1.165, 1.54) is 24.3 Å². The highest BCUT2D eigenvalue weighted by atomic mass is 32.1. The van der Waals surface area contributed by atoms with Gasteiger partial charge in [-0.2, -0.15) is 0 Å². The summed E-state index contributed by atoms with van der Waals surface area (Å²) in [6.07, 6.45) is 4.25. The summed E-state index contributed by atoms with van der Waals surface area (Å²) < 4.78 is 17.1. The van der Waals surface area contributed by atoms with Crippen LogP contribution in [0.2, 0.25) is 0 Å². The number of rotatable bonds is 8. The lowest BCUT2D eigenvalue weighted by Gasteiger charge is -2.36. The maximum Gasteiger partial charge on any atom is 0.340 e. The Balaban J connectivity index is 1.39. The van der Waals surface area contributed by atoms with Crippen LogP contribution in [0.3, 0.4) is 0 Å². The summed E-state index contributed by atoms with van der Waals surface area (Å²) >= 11 is 5.44. The lowest BCUT2D eigenvalue weighted by molar-refractivity contribution is 0.0224. The minimum Gasteiger partial charge on any atom is -0.508 e. The number of unbranched alkanes of at least 4 members (excludes halogenated alkanes) is 3. The van der Waals surface area contributed by atoms with E-state index in [0.717, 1.165) is 38.8 Å². The highest BCUT2D eigenvalue weighted by Gasteiger charge is 2.53. The largest absolute Gasteiger partial charge is 0.508 e. The second kappa shape index (κ2) is 10.3. The molecule has 0 amide bonds. The van der Waals surface area contributed by atoms with Gasteiger partial charge < -0.3 is 35.1 Å². The normalized spacial score (nSPS) is 14.2. The van der Waals surface area contributed by atoms with E-state index in [9.17, 15) is 15.0 Å². The molecule has 0 saturated carbocycles. The van der Waals surface area contributed by atoms with Gasteiger partial charge in [0.25, 0.3) is 0 Å². The smallest absolute Gasteiger partial charge is 0.340 e. The average Bonchev–Trinajstić information content (AvgIpc) is 3.15. The number of phenols is 2. The molecule has 2 heterocycles. The van der Waals surface area contributed by atoms with Crippen LogP contribution < -0.4 is 15.4 Å². The van der Waals surface area contributed by atoms with E-state index in [-0.39, 0.29) is 11.5 Å². The predicted molar refractivity (Wildman–Crippen MR) is 143 cm³/mol. The molecule has 0 aliphatic carbocycles. The van der Waals surface area contributed by atoms with Gasteiger partial charge in [0.05, 0.1) is 5.56 Å². The van der Waals surface area contributed by atoms with Gasteiger partial charge in [0.1, 0.15) is 23.0 Å². The molecule has 2 aliphatic heterocycles. The van der Waals surface area contributed by atoms with Crippen molar-refractivity contribution >= 4 is 29.0 Å². The number of nitrogens with one attached hydrogen (secondary N) is 2. The molecule has 37 heavy (non-hydrogen) atoms. The Hall–Kier alpha value is -3.82. The van der Waals surface area contributed by atoms with Gasteiger partial charge in [-0.15, -0.1) is 0 Å². The zero-order valence-electron chi connectivity index (χ0n) is 20.4. The number of aromatic hydroxyl groups is 2. The van der Waals surface area contributed by atoms with Gasteiger partial charge >= 0.3 is 5.97 Å². The maximum absolute atomic E-state index is 13.2. The van der Waals surface area contributed by atoms with Gasteiger partial charge in [0.15, 0.2) is 10.7 Å². The third-order valence-electron chi connectivity index (χ3n) is 6.59. The Kier molecular flexibility index (Phi) is 6.90. The van der Waals surface area contributed by atoms with Crippen molar-refractivity contribution in [3.05, 3.63) is 76.9 Å². The second-order valence-electron chi connectivity index (χ2n) is 9.08. The number of fused-ring (bicyclic) bond motifs is 6. The van der Waals surface area contributed by atoms with Gasteiger partial charge in [-0.3, -0.25) is 0 Å². The van der Waals surface area contributed by atoms with Crippen molar-refractivity contribution in [2.24, 2.45) is 0 Å². The molecule has 0 saturated heterocycles. The quantitative estimate of drug-likeness (QED) is 0.182. The zero-order valence-corrected chi connectivity index (χ0v) is 21.2. The molecule has 0 aromatic heterocycles. The number of esters is 1. The summed E-state index contributed by atoms with van der Waals surface area (Å²) in [6.45, 7) is 1.53. The van der Waals surface area contributed by atoms with Crippen LogP contribution in [0.5, 0.6) is 23.0 Å². The highest BCUT2D eigenvalue weighted by Crippen LogP contribution is 2.57. The fourth-order valence-corrected chi connectivity index (χ4v) is 5.11.